The maximum absolute atomic E-state index is 11.4. The Bertz CT molecular complexity index is 404. The van der Waals surface area contributed by atoms with Gasteiger partial charge in [-0.2, -0.15) is 0 Å². The molecule has 2 N–H and O–H groups in total. The Hall–Kier alpha value is -1.95. The summed E-state index contributed by atoms with van der Waals surface area (Å²) in [5.74, 6) is -1.04. The molecule has 0 aliphatic carbocycles. The molecule has 0 atom stereocenters. The fourth-order valence-electron chi connectivity index (χ4n) is 1.10. The van der Waals surface area contributed by atoms with Crippen LogP contribution in [-0.4, -0.2) is 47.5 Å². The summed E-state index contributed by atoms with van der Waals surface area (Å²) in [4.78, 5) is 27.6. The number of amides is 1. The fourth-order valence-corrected chi connectivity index (χ4v) is 1.10. The van der Waals surface area contributed by atoms with Gasteiger partial charge < -0.3 is 15.3 Å². The van der Waals surface area contributed by atoms with Gasteiger partial charge in [0.15, 0.2) is 0 Å². The first-order chi connectivity index (χ1) is 7.49. The lowest BCUT2D eigenvalue weighted by Gasteiger charge is -2.09. The topological polar surface area (TPSA) is 82.5 Å². The third-order valence-electron chi connectivity index (χ3n) is 1.73. The molecule has 0 bridgehead atoms. The number of aromatic carboxylic acids is 1. The molecular formula is C10H13N3O3. The van der Waals surface area contributed by atoms with Gasteiger partial charge in [-0.25, -0.2) is 9.78 Å². The minimum atomic E-state index is -1.05. The van der Waals surface area contributed by atoms with Gasteiger partial charge in [-0.1, -0.05) is 0 Å². The quantitative estimate of drug-likeness (QED) is 0.766. The second-order valence-electron chi connectivity index (χ2n) is 3.52. The highest BCUT2D eigenvalue weighted by Crippen LogP contribution is 2.06. The van der Waals surface area contributed by atoms with Crippen molar-refractivity contribution >= 4 is 17.7 Å². The van der Waals surface area contributed by atoms with E-state index in [2.05, 4.69) is 10.3 Å². The number of nitrogens with zero attached hydrogens (tertiary/aromatic N) is 2. The maximum atomic E-state index is 11.4. The highest BCUT2D eigenvalue weighted by molar-refractivity contribution is 5.93. The van der Waals surface area contributed by atoms with E-state index >= 15 is 0 Å². The molecule has 1 heterocycles. The number of likely N-dealkylation sites (N-methyl/N-ethyl adjacent to an activating group) is 1. The predicted octanol–water partition coefficient (Wildman–Crippen LogP) is 0.280. The van der Waals surface area contributed by atoms with Crippen LogP contribution in [0, 0.1) is 0 Å². The van der Waals surface area contributed by atoms with E-state index < -0.39 is 5.97 Å². The Balaban J connectivity index is 2.70. The van der Waals surface area contributed by atoms with Gasteiger partial charge in [0.2, 0.25) is 5.91 Å². The van der Waals surface area contributed by atoms with Gasteiger partial charge in [0.25, 0.3) is 0 Å². The molecule has 0 saturated carbocycles. The van der Waals surface area contributed by atoms with Gasteiger partial charge in [-0.15, -0.1) is 0 Å². The summed E-state index contributed by atoms with van der Waals surface area (Å²) in [5, 5.41) is 11.3. The average molecular weight is 223 g/mol. The molecule has 1 aromatic rings. The summed E-state index contributed by atoms with van der Waals surface area (Å²) in [6.45, 7) is 0.221. The van der Waals surface area contributed by atoms with Crippen LogP contribution in [0.4, 0.5) is 5.82 Å². The Kier molecular flexibility index (Phi) is 3.96. The van der Waals surface area contributed by atoms with Crippen LogP contribution in [0.15, 0.2) is 18.3 Å². The maximum Gasteiger partial charge on any atom is 0.335 e. The van der Waals surface area contributed by atoms with Gasteiger partial charge in [0, 0.05) is 6.20 Å². The van der Waals surface area contributed by atoms with E-state index in [0.717, 1.165) is 0 Å². The number of rotatable bonds is 4. The average Bonchev–Trinajstić information content (AvgIpc) is 2.16. The number of nitrogens with one attached hydrogen (secondary N) is 1. The molecule has 1 rings (SSSR count). The SMILES string of the molecule is CN(C)CC(=O)Nc1cc(C(=O)O)ccn1. The second-order valence-corrected chi connectivity index (χ2v) is 3.52. The number of carbonyl (C=O) groups is 2. The molecule has 0 spiro atoms. The summed E-state index contributed by atoms with van der Waals surface area (Å²) >= 11 is 0. The number of carbonyl (C=O) groups excluding carboxylic acids is 1. The van der Waals surface area contributed by atoms with E-state index in [4.69, 9.17) is 5.11 Å². The van der Waals surface area contributed by atoms with Crippen LogP contribution in [0.2, 0.25) is 0 Å². The van der Waals surface area contributed by atoms with Crippen molar-refractivity contribution in [1.29, 1.82) is 0 Å². The largest absolute Gasteiger partial charge is 0.478 e. The highest BCUT2D eigenvalue weighted by Gasteiger charge is 2.07. The summed E-state index contributed by atoms with van der Waals surface area (Å²) < 4.78 is 0. The molecule has 16 heavy (non-hydrogen) atoms. The van der Waals surface area contributed by atoms with Crippen molar-refractivity contribution in [2.24, 2.45) is 0 Å². The summed E-state index contributed by atoms with van der Waals surface area (Å²) in [6.07, 6.45) is 1.34. The van der Waals surface area contributed by atoms with E-state index in [0.29, 0.717) is 0 Å². The normalized spacial score (nSPS) is 10.2. The zero-order valence-corrected chi connectivity index (χ0v) is 9.10. The molecule has 0 aliphatic heterocycles. The van der Waals surface area contributed by atoms with E-state index in [-0.39, 0.29) is 23.8 Å². The van der Waals surface area contributed by atoms with Crippen LogP contribution in [0.3, 0.4) is 0 Å². The zero-order valence-electron chi connectivity index (χ0n) is 9.10. The minimum absolute atomic E-state index is 0.0927. The molecule has 0 aliphatic rings. The van der Waals surface area contributed by atoms with E-state index in [1.54, 1.807) is 19.0 Å². The monoisotopic (exact) mass is 223 g/mol. The van der Waals surface area contributed by atoms with E-state index in [1.807, 2.05) is 0 Å². The first-order valence-corrected chi connectivity index (χ1v) is 4.63. The molecule has 0 radical (unpaired) electrons. The third kappa shape index (κ3) is 3.66. The Morgan fingerprint density at radius 3 is 2.75 bits per heavy atom. The van der Waals surface area contributed by atoms with E-state index in [1.165, 1.54) is 18.3 Å². The number of aromatic nitrogens is 1. The van der Waals surface area contributed by atoms with E-state index in [9.17, 15) is 9.59 Å². The molecule has 86 valence electrons. The van der Waals surface area contributed by atoms with Crippen LogP contribution in [0.1, 0.15) is 10.4 Å². The number of carboxylic acids is 1. The lowest BCUT2D eigenvalue weighted by molar-refractivity contribution is -0.116. The highest BCUT2D eigenvalue weighted by atomic mass is 16.4. The molecule has 6 nitrogen and oxygen atoms in total. The molecule has 1 aromatic heterocycles. The van der Waals surface area contributed by atoms with Crippen LogP contribution in [0.5, 0.6) is 0 Å². The van der Waals surface area contributed by atoms with Crippen molar-refractivity contribution in [2.75, 3.05) is 26.0 Å². The Morgan fingerprint density at radius 2 is 2.19 bits per heavy atom. The first kappa shape index (κ1) is 12.1. The molecule has 1 amide bonds. The summed E-state index contributed by atoms with van der Waals surface area (Å²) in [7, 11) is 3.53. The van der Waals surface area contributed by atoms with Gasteiger partial charge in [0.1, 0.15) is 5.82 Å². The van der Waals surface area contributed by atoms with Gasteiger partial charge in [-0.05, 0) is 26.2 Å². The molecule has 0 unspecified atom stereocenters. The number of hydrogen-bond donors (Lipinski definition) is 2. The fraction of sp³-hybridized carbons (Fsp3) is 0.300. The van der Waals surface area contributed by atoms with Gasteiger partial charge in [-0.3, -0.25) is 4.79 Å². The summed E-state index contributed by atoms with van der Waals surface area (Å²) in [5.41, 5.74) is 0.0927. The number of anilines is 1. The van der Waals surface area contributed by atoms with Crippen LogP contribution in [-0.2, 0) is 4.79 Å². The van der Waals surface area contributed by atoms with Crippen LogP contribution >= 0.6 is 0 Å². The van der Waals surface area contributed by atoms with Crippen LogP contribution < -0.4 is 5.32 Å². The molecule has 0 saturated heterocycles. The van der Waals surface area contributed by atoms with Crippen molar-refractivity contribution in [3.05, 3.63) is 23.9 Å². The van der Waals surface area contributed by atoms with Crippen molar-refractivity contribution in [1.82, 2.24) is 9.88 Å². The summed E-state index contributed by atoms with van der Waals surface area (Å²) in [6, 6.07) is 2.68. The van der Waals surface area contributed by atoms with Crippen molar-refractivity contribution in [3.8, 4) is 0 Å². The second kappa shape index (κ2) is 5.22. The van der Waals surface area contributed by atoms with Crippen LogP contribution in [0.25, 0.3) is 0 Å². The first-order valence-electron chi connectivity index (χ1n) is 4.63. The Labute approximate surface area is 92.9 Å². The van der Waals surface area contributed by atoms with Gasteiger partial charge in [0.05, 0.1) is 12.1 Å². The minimum Gasteiger partial charge on any atom is -0.478 e. The predicted molar refractivity (Wildman–Crippen MR) is 58.4 cm³/mol. The zero-order chi connectivity index (χ0) is 12.1. The molecular weight excluding hydrogens is 210 g/mol. The Morgan fingerprint density at radius 1 is 1.50 bits per heavy atom. The van der Waals surface area contributed by atoms with Crippen molar-refractivity contribution in [2.45, 2.75) is 0 Å². The molecule has 6 heteroatoms. The number of pyridine rings is 1. The number of carboxylic acid groups (broad SMARTS) is 1. The molecule has 0 aromatic carbocycles. The number of hydrogen-bond acceptors (Lipinski definition) is 4. The molecule has 0 fully saturated rings. The standard InChI is InChI=1S/C10H13N3O3/c1-13(2)6-9(14)12-8-5-7(10(15)16)3-4-11-8/h3-5H,6H2,1-2H3,(H,15,16)(H,11,12,14). The lowest BCUT2D eigenvalue weighted by atomic mass is 10.2. The smallest absolute Gasteiger partial charge is 0.335 e. The van der Waals surface area contributed by atoms with Crippen molar-refractivity contribution in [3.63, 3.8) is 0 Å². The van der Waals surface area contributed by atoms with Gasteiger partial charge >= 0.3 is 5.97 Å². The van der Waals surface area contributed by atoms with Crippen molar-refractivity contribution < 1.29 is 14.7 Å². The third-order valence-corrected chi connectivity index (χ3v) is 1.73. The lowest BCUT2D eigenvalue weighted by Crippen LogP contribution is -2.27.